The third-order valence-corrected chi connectivity index (χ3v) is 5.40. The van der Waals surface area contributed by atoms with Crippen molar-refractivity contribution in [1.82, 2.24) is 4.98 Å². The molecule has 1 aromatic heterocycles. The summed E-state index contributed by atoms with van der Waals surface area (Å²) in [6, 6.07) is 12.3. The normalized spacial score (nSPS) is 12.2. The van der Waals surface area contributed by atoms with Gasteiger partial charge in [-0.1, -0.05) is 35.3 Å². The highest BCUT2D eigenvalue weighted by Gasteiger charge is 2.21. The Labute approximate surface area is 152 Å². The molecular formula is C18H11Cl2F2NS. The van der Waals surface area contributed by atoms with Gasteiger partial charge in [-0.05, 0) is 35.9 Å². The smallest absolute Gasteiger partial charge is 0.130 e. The van der Waals surface area contributed by atoms with Crippen LogP contribution in [0.2, 0.25) is 10.0 Å². The van der Waals surface area contributed by atoms with E-state index in [0.29, 0.717) is 15.6 Å². The van der Waals surface area contributed by atoms with Gasteiger partial charge in [0.1, 0.15) is 11.6 Å². The van der Waals surface area contributed by atoms with Gasteiger partial charge in [0, 0.05) is 33.9 Å². The van der Waals surface area contributed by atoms with E-state index in [4.69, 9.17) is 23.2 Å². The van der Waals surface area contributed by atoms with Crippen molar-refractivity contribution in [2.45, 2.75) is 10.1 Å². The molecule has 0 radical (unpaired) electrons. The number of hydrogen-bond donors (Lipinski definition) is 0. The number of thioether (sulfide) groups is 1. The molecule has 0 saturated carbocycles. The van der Waals surface area contributed by atoms with E-state index < -0.39 is 16.9 Å². The molecule has 24 heavy (non-hydrogen) atoms. The number of aromatic nitrogens is 1. The topological polar surface area (TPSA) is 12.9 Å². The first kappa shape index (κ1) is 17.2. The molecule has 0 saturated heterocycles. The fraction of sp³-hybridized carbons (Fsp3) is 0.0556. The molecule has 1 heterocycles. The van der Waals surface area contributed by atoms with Crippen LogP contribution in [0.3, 0.4) is 0 Å². The van der Waals surface area contributed by atoms with Gasteiger partial charge in [0.05, 0.1) is 10.3 Å². The van der Waals surface area contributed by atoms with E-state index in [1.165, 1.54) is 23.9 Å². The molecule has 0 amide bonds. The van der Waals surface area contributed by atoms with Gasteiger partial charge in [-0.2, -0.15) is 0 Å². The third-order valence-electron chi connectivity index (χ3n) is 3.37. The number of rotatable bonds is 4. The van der Waals surface area contributed by atoms with E-state index in [-0.39, 0.29) is 0 Å². The number of benzene rings is 2. The fourth-order valence-electron chi connectivity index (χ4n) is 2.25. The van der Waals surface area contributed by atoms with Gasteiger partial charge in [-0.15, -0.1) is 11.8 Å². The van der Waals surface area contributed by atoms with Gasteiger partial charge in [0.2, 0.25) is 0 Å². The second kappa shape index (κ2) is 7.51. The zero-order valence-corrected chi connectivity index (χ0v) is 14.5. The molecule has 3 rings (SSSR count). The van der Waals surface area contributed by atoms with Crippen LogP contribution in [0.1, 0.15) is 16.4 Å². The maximum atomic E-state index is 14.3. The van der Waals surface area contributed by atoms with E-state index in [1.807, 2.05) is 6.07 Å². The zero-order chi connectivity index (χ0) is 17.1. The van der Waals surface area contributed by atoms with Crippen LogP contribution in [0.15, 0.2) is 65.8 Å². The number of pyridine rings is 1. The van der Waals surface area contributed by atoms with Crippen LogP contribution in [0, 0.1) is 11.6 Å². The molecule has 0 aliphatic rings. The van der Waals surface area contributed by atoms with E-state index in [9.17, 15) is 8.78 Å². The van der Waals surface area contributed by atoms with Crippen molar-refractivity contribution in [2.75, 3.05) is 0 Å². The molecule has 3 aromatic rings. The minimum absolute atomic E-state index is 0.361. The van der Waals surface area contributed by atoms with Gasteiger partial charge in [-0.3, -0.25) is 4.98 Å². The van der Waals surface area contributed by atoms with Crippen molar-refractivity contribution in [1.29, 1.82) is 0 Å². The molecule has 0 N–H and O–H groups in total. The molecule has 2 aromatic carbocycles. The predicted molar refractivity (Wildman–Crippen MR) is 94.8 cm³/mol. The van der Waals surface area contributed by atoms with Crippen LogP contribution < -0.4 is 0 Å². The average Bonchev–Trinajstić information content (AvgIpc) is 2.56. The first-order valence-electron chi connectivity index (χ1n) is 7.01. The summed E-state index contributed by atoms with van der Waals surface area (Å²) in [5, 5.41) is 0.581. The Hall–Kier alpha value is -1.62. The molecule has 1 unspecified atom stereocenters. The number of hydrogen-bond acceptors (Lipinski definition) is 2. The van der Waals surface area contributed by atoms with Crippen LogP contribution in [0.4, 0.5) is 8.78 Å². The highest BCUT2D eigenvalue weighted by Crippen LogP contribution is 2.44. The fourth-order valence-corrected chi connectivity index (χ4v) is 3.96. The second-order valence-corrected chi connectivity index (χ2v) is 7.02. The molecule has 0 aliphatic heterocycles. The summed E-state index contributed by atoms with van der Waals surface area (Å²) in [4.78, 5) is 4.84. The molecule has 122 valence electrons. The summed E-state index contributed by atoms with van der Waals surface area (Å²) in [5.74, 6) is -1.22. The standard InChI is InChI=1S/C18H11Cl2F2NS/c19-12-3-6-17(15(20)8-12)24-18(11-2-1-7-23-10-11)14-5-4-13(21)9-16(14)22/h1-10,18H. The largest absolute Gasteiger partial charge is 0.264 e. The summed E-state index contributed by atoms with van der Waals surface area (Å²) in [5.41, 5.74) is 1.15. The summed E-state index contributed by atoms with van der Waals surface area (Å²) < 4.78 is 27.6. The third kappa shape index (κ3) is 3.89. The minimum Gasteiger partial charge on any atom is -0.264 e. The number of halogens is 4. The Balaban J connectivity index is 2.05. The van der Waals surface area contributed by atoms with Crippen LogP contribution in [-0.4, -0.2) is 4.98 Å². The highest BCUT2D eigenvalue weighted by molar-refractivity contribution is 7.99. The molecule has 0 bridgehead atoms. The van der Waals surface area contributed by atoms with Gasteiger partial charge >= 0.3 is 0 Å². The van der Waals surface area contributed by atoms with Crippen molar-refractivity contribution in [2.24, 2.45) is 0 Å². The van der Waals surface area contributed by atoms with E-state index in [2.05, 4.69) is 4.98 Å². The summed E-state index contributed by atoms with van der Waals surface area (Å²) in [6.45, 7) is 0. The first-order valence-corrected chi connectivity index (χ1v) is 8.65. The van der Waals surface area contributed by atoms with Gasteiger partial charge < -0.3 is 0 Å². The Morgan fingerprint density at radius 1 is 1.00 bits per heavy atom. The monoisotopic (exact) mass is 381 g/mol. The lowest BCUT2D eigenvalue weighted by atomic mass is 10.1. The molecule has 6 heteroatoms. The summed E-state index contributed by atoms with van der Waals surface area (Å²) in [7, 11) is 0. The van der Waals surface area contributed by atoms with E-state index >= 15 is 0 Å². The van der Waals surface area contributed by atoms with Crippen LogP contribution >= 0.6 is 35.0 Å². The Bertz CT molecular complexity index is 859. The SMILES string of the molecule is Fc1ccc(C(Sc2ccc(Cl)cc2Cl)c2cccnc2)c(F)c1. The van der Waals surface area contributed by atoms with Crippen molar-refractivity contribution in [3.8, 4) is 0 Å². The summed E-state index contributed by atoms with van der Waals surface area (Å²) in [6.07, 6.45) is 3.30. The molecule has 1 nitrogen and oxygen atoms in total. The second-order valence-electron chi connectivity index (χ2n) is 5.02. The van der Waals surface area contributed by atoms with Gasteiger partial charge in [0.15, 0.2) is 0 Å². The predicted octanol–water partition coefficient (Wildman–Crippen LogP) is 6.55. The maximum absolute atomic E-state index is 14.3. The first-order chi connectivity index (χ1) is 11.5. The van der Waals surface area contributed by atoms with Gasteiger partial charge in [-0.25, -0.2) is 8.78 Å². The van der Waals surface area contributed by atoms with Crippen molar-refractivity contribution >= 4 is 35.0 Å². The van der Waals surface area contributed by atoms with Crippen molar-refractivity contribution < 1.29 is 8.78 Å². The Morgan fingerprint density at radius 3 is 2.50 bits per heavy atom. The van der Waals surface area contributed by atoms with Crippen LogP contribution in [0.25, 0.3) is 0 Å². The van der Waals surface area contributed by atoms with Crippen LogP contribution in [-0.2, 0) is 0 Å². The lowest BCUT2D eigenvalue weighted by Gasteiger charge is -2.19. The van der Waals surface area contributed by atoms with E-state index in [0.717, 1.165) is 16.5 Å². The number of nitrogens with zero attached hydrogens (tertiary/aromatic N) is 1. The average molecular weight is 382 g/mol. The quantitative estimate of drug-likeness (QED) is 0.475. The highest BCUT2D eigenvalue weighted by atomic mass is 35.5. The van der Waals surface area contributed by atoms with Crippen molar-refractivity contribution in [3.05, 3.63) is 93.7 Å². The minimum atomic E-state index is -0.615. The maximum Gasteiger partial charge on any atom is 0.130 e. The molecular weight excluding hydrogens is 371 g/mol. The molecule has 0 fully saturated rings. The summed E-state index contributed by atoms with van der Waals surface area (Å²) >= 11 is 13.5. The Kier molecular flexibility index (Phi) is 5.39. The molecule has 0 spiro atoms. The van der Waals surface area contributed by atoms with Gasteiger partial charge in [0.25, 0.3) is 0 Å². The van der Waals surface area contributed by atoms with Crippen LogP contribution in [0.5, 0.6) is 0 Å². The van der Waals surface area contributed by atoms with Crippen molar-refractivity contribution in [3.63, 3.8) is 0 Å². The Morgan fingerprint density at radius 2 is 1.83 bits per heavy atom. The zero-order valence-electron chi connectivity index (χ0n) is 12.2. The molecule has 1 atom stereocenters. The lowest BCUT2D eigenvalue weighted by molar-refractivity contribution is 0.574. The lowest BCUT2D eigenvalue weighted by Crippen LogP contribution is -2.01. The molecule has 0 aliphatic carbocycles. The van der Waals surface area contributed by atoms with E-state index in [1.54, 1.807) is 36.7 Å².